The molecule has 1 N–H and O–H groups in total. The van der Waals surface area contributed by atoms with Crippen LogP contribution in [-0.2, 0) is 26.5 Å². The van der Waals surface area contributed by atoms with Crippen LogP contribution >= 0.6 is 0 Å². The lowest BCUT2D eigenvalue weighted by Gasteiger charge is -2.36. The SMILES string of the molecule is CCCC1(OC(C)=O)OCCc2c1[nH]c1cccc(C#N)c21. The minimum Gasteiger partial charge on any atom is -0.427 e. The predicted octanol–water partition coefficient (Wildman–Crippen LogP) is 3.13. The second-order valence-corrected chi connectivity index (χ2v) is 5.51. The van der Waals surface area contributed by atoms with E-state index in [0.717, 1.165) is 28.6 Å². The molecule has 5 nitrogen and oxygen atoms in total. The van der Waals surface area contributed by atoms with Gasteiger partial charge in [0.1, 0.15) is 0 Å². The molecular weight excluding hydrogens is 280 g/mol. The van der Waals surface area contributed by atoms with E-state index in [9.17, 15) is 10.1 Å². The maximum atomic E-state index is 11.6. The normalized spacial score (nSPS) is 20.4. The highest BCUT2D eigenvalue weighted by Gasteiger charge is 2.43. The number of benzene rings is 1. The fourth-order valence-corrected chi connectivity index (χ4v) is 3.27. The van der Waals surface area contributed by atoms with E-state index in [0.29, 0.717) is 25.0 Å². The van der Waals surface area contributed by atoms with E-state index < -0.39 is 5.79 Å². The molecule has 0 spiro atoms. The van der Waals surface area contributed by atoms with Crippen LogP contribution in [0.5, 0.6) is 0 Å². The molecule has 22 heavy (non-hydrogen) atoms. The van der Waals surface area contributed by atoms with Gasteiger partial charge in [-0.2, -0.15) is 5.26 Å². The van der Waals surface area contributed by atoms with Crippen LogP contribution in [0, 0.1) is 11.3 Å². The van der Waals surface area contributed by atoms with Gasteiger partial charge in [-0.15, -0.1) is 0 Å². The molecule has 0 bridgehead atoms. The lowest BCUT2D eigenvalue weighted by atomic mass is 9.95. The van der Waals surface area contributed by atoms with Crippen LogP contribution in [0.15, 0.2) is 18.2 Å². The van der Waals surface area contributed by atoms with Gasteiger partial charge in [-0.25, -0.2) is 0 Å². The van der Waals surface area contributed by atoms with E-state index in [4.69, 9.17) is 9.47 Å². The Morgan fingerprint density at radius 3 is 3.05 bits per heavy atom. The van der Waals surface area contributed by atoms with Gasteiger partial charge in [-0.05, 0) is 30.5 Å². The standard InChI is InChI=1S/C17H18N2O3/c1-3-8-17(22-11(2)20)16-13(7-9-21-17)15-12(10-18)5-4-6-14(15)19-16/h4-6,19H,3,7-9H2,1-2H3. The molecule has 2 aromatic rings. The number of aromatic nitrogens is 1. The van der Waals surface area contributed by atoms with Gasteiger partial charge in [0, 0.05) is 24.2 Å². The summed E-state index contributed by atoms with van der Waals surface area (Å²) in [6.07, 6.45) is 2.09. The van der Waals surface area contributed by atoms with E-state index in [1.54, 1.807) is 6.07 Å². The quantitative estimate of drug-likeness (QED) is 0.883. The number of carbonyl (C=O) groups is 1. The van der Waals surface area contributed by atoms with E-state index >= 15 is 0 Å². The summed E-state index contributed by atoms with van der Waals surface area (Å²) in [7, 11) is 0. The molecule has 5 heteroatoms. The molecule has 1 aliphatic rings. The van der Waals surface area contributed by atoms with Crippen molar-refractivity contribution in [2.75, 3.05) is 6.61 Å². The number of H-pyrrole nitrogens is 1. The maximum absolute atomic E-state index is 11.6. The Kier molecular flexibility index (Phi) is 3.63. The van der Waals surface area contributed by atoms with Gasteiger partial charge in [0.05, 0.1) is 23.9 Å². The fourth-order valence-electron chi connectivity index (χ4n) is 3.27. The number of fused-ring (bicyclic) bond motifs is 3. The van der Waals surface area contributed by atoms with Crippen molar-refractivity contribution in [3.63, 3.8) is 0 Å². The van der Waals surface area contributed by atoms with Crippen molar-refractivity contribution in [3.8, 4) is 6.07 Å². The van der Waals surface area contributed by atoms with E-state index in [-0.39, 0.29) is 5.97 Å². The summed E-state index contributed by atoms with van der Waals surface area (Å²) in [6, 6.07) is 7.82. The first-order chi connectivity index (χ1) is 10.6. The summed E-state index contributed by atoms with van der Waals surface area (Å²) in [6.45, 7) is 3.87. The molecule has 0 saturated carbocycles. The molecule has 1 atom stereocenters. The average molecular weight is 298 g/mol. The van der Waals surface area contributed by atoms with E-state index in [1.807, 2.05) is 19.1 Å². The number of nitrogens with one attached hydrogen (secondary N) is 1. The Morgan fingerprint density at radius 2 is 2.36 bits per heavy atom. The molecule has 1 unspecified atom stereocenters. The molecule has 3 rings (SSSR count). The van der Waals surface area contributed by atoms with E-state index in [1.165, 1.54) is 6.92 Å². The molecule has 0 saturated heterocycles. The topological polar surface area (TPSA) is 75.1 Å². The lowest BCUT2D eigenvalue weighted by molar-refractivity contribution is -0.247. The summed E-state index contributed by atoms with van der Waals surface area (Å²) >= 11 is 0. The lowest BCUT2D eigenvalue weighted by Crippen LogP contribution is -2.39. The van der Waals surface area contributed by atoms with Crippen LogP contribution in [0.25, 0.3) is 10.9 Å². The van der Waals surface area contributed by atoms with Crippen molar-refractivity contribution in [3.05, 3.63) is 35.0 Å². The van der Waals surface area contributed by atoms with Crippen molar-refractivity contribution in [1.82, 2.24) is 4.98 Å². The number of hydrogen-bond donors (Lipinski definition) is 1. The maximum Gasteiger partial charge on any atom is 0.305 e. The summed E-state index contributed by atoms with van der Waals surface area (Å²) in [5, 5.41) is 10.3. The zero-order chi connectivity index (χ0) is 15.7. The molecule has 114 valence electrons. The Bertz CT molecular complexity index is 772. The second kappa shape index (κ2) is 5.47. The molecule has 0 aliphatic carbocycles. The van der Waals surface area contributed by atoms with Gasteiger partial charge in [0.2, 0.25) is 0 Å². The summed E-state index contributed by atoms with van der Waals surface area (Å²) in [5.74, 6) is -1.44. The fraction of sp³-hybridized carbons (Fsp3) is 0.412. The molecule has 0 radical (unpaired) electrons. The third-order valence-corrected chi connectivity index (χ3v) is 4.00. The van der Waals surface area contributed by atoms with Crippen molar-refractivity contribution in [2.45, 2.75) is 38.9 Å². The Hall–Kier alpha value is -2.32. The van der Waals surface area contributed by atoms with Crippen molar-refractivity contribution < 1.29 is 14.3 Å². The summed E-state index contributed by atoms with van der Waals surface area (Å²) in [5.41, 5.74) is 3.30. The minimum absolute atomic E-state index is 0.375. The van der Waals surface area contributed by atoms with Crippen LogP contribution in [0.1, 0.15) is 43.5 Å². The zero-order valence-corrected chi connectivity index (χ0v) is 12.7. The van der Waals surface area contributed by atoms with Crippen LogP contribution in [0.3, 0.4) is 0 Å². The monoisotopic (exact) mass is 298 g/mol. The van der Waals surface area contributed by atoms with Gasteiger partial charge in [-0.3, -0.25) is 4.79 Å². The first kappa shape index (κ1) is 14.6. The molecule has 1 aromatic carbocycles. The van der Waals surface area contributed by atoms with Gasteiger partial charge >= 0.3 is 5.97 Å². The van der Waals surface area contributed by atoms with Gasteiger partial charge in [0.15, 0.2) is 0 Å². The highest BCUT2D eigenvalue weighted by Crippen LogP contribution is 2.41. The molecule has 0 amide bonds. The van der Waals surface area contributed by atoms with E-state index in [2.05, 4.69) is 11.1 Å². The summed E-state index contributed by atoms with van der Waals surface area (Å²) in [4.78, 5) is 14.9. The van der Waals surface area contributed by atoms with Gasteiger partial charge < -0.3 is 14.5 Å². The van der Waals surface area contributed by atoms with Crippen LogP contribution in [-0.4, -0.2) is 17.6 Å². The molecule has 1 aliphatic heterocycles. The van der Waals surface area contributed by atoms with Crippen molar-refractivity contribution in [2.24, 2.45) is 0 Å². The average Bonchev–Trinajstić information content (AvgIpc) is 2.87. The third kappa shape index (κ3) is 2.16. The number of nitriles is 1. The number of aromatic amines is 1. The van der Waals surface area contributed by atoms with Crippen LogP contribution in [0.4, 0.5) is 0 Å². The molecular formula is C17H18N2O3. The molecule has 0 fully saturated rings. The zero-order valence-electron chi connectivity index (χ0n) is 12.7. The Balaban J connectivity index is 2.25. The van der Waals surface area contributed by atoms with Crippen LogP contribution in [0.2, 0.25) is 0 Å². The predicted molar refractivity (Wildman–Crippen MR) is 81.0 cm³/mol. The molecule has 2 heterocycles. The van der Waals surface area contributed by atoms with Gasteiger partial charge in [0.25, 0.3) is 5.79 Å². The number of hydrogen-bond acceptors (Lipinski definition) is 4. The first-order valence-electron chi connectivity index (χ1n) is 7.49. The van der Waals surface area contributed by atoms with Crippen molar-refractivity contribution >= 4 is 16.9 Å². The smallest absolute Gasteiger partial charge is 0.305 e. The number of nitrogens with zero attached hydrogens (tertiary/aromatic N) is 1. The minimum atomic E-state index is -1.07. The third-order valence-electron chi connectivity index (χ3n) is 4.00. The number of ether oxygens (including phenoxy) is 2. The Labute approximate surface area is 128 Å². The first-order valence-corrected chi connectivity index (χ1v) is 7.49. The van der Waals surface area contributed by atoms with Crippen molar-refractivity contribution in [1.29, 1.82) is 5.26 Å². The number of esters is 1. The highest BCUT2D eigenvalue weighted by molar-refractivity contribution is 5.90. The largest absolute Gasteiger partial charge is 0.427 e. The number of carbonyl (C=O) groups excluding carboxylic acids is 1. The van der Waals surface area contributed by atoms with Crippen LogP contribution < -0.4 is 0 Å². The highest BCUT2D eigenvalue weighted by atomic mass is 16.7. The Morgan fingerprint density at radius 1 is 1.55 bits per heavy atom. The number of rotatable bonds is 3. The van der Waals surface area contributed by atoms with Gasteiger partial charge in [-0.1, -0.05) is 13.0 Å². The summed E-state index contributed by atoms with van der Waals surface area (Å²) < 4.78 is 11.5. The molecule has 1 aromatic heterocycles. The second-order valence-electron chi connectivity index (χ2n) is 5.51.